The fraction of sp³-hybridized carbons (Fsp3) is 0.222. The van der Waals surface area contributed by atoms with E-state index in [1.165, 1.54) is 12.1 Å². The SMILES string of the molecule is N#Cc1ccccc1NC(=O)C(c1ccc(F)cc1)C1CC1. The minimum atomic E-state index is -0.312. The molecule has 0 heterocycles. The molecule has 0 spiro atoms. The molecule has 1 unspecified atom stereocenters. The quantitative estimate of drug-likeness (QED) is 0.931. The molecule has 0 radical (unpaired) electrons. The number of hydrogen-bond donors (Lipinski definition) is 1. The smallest absolute Gasteiger partial charge is 0.232 e. The number of carbonyl (C=O) groups is 1. The van der Waals surface area contributed by atoms with E-state index in [1.54, 1.807) is 36.4 Å². The molecule has 1 N–H and O–H groups in total. The molecule has 2 aromatic rings. The standard InChI is InChI=1S/C18H15FN2O/c19-15-9-7-13(8-10-15)17(12-5-6-12)18(22)21-16-4-2-1-3-14(16)11-20/h1-4,7-10,12,17H,5-6H2,(H,21,22). The van der Waals surface area contributed by atoms with Crippen LogP contribution in [0.2, 0.25) is 0 Å². The zero-order valence-corrected chi connectivity index (χ0v) is 11.9. The molecule has 4 heteroatoms. The van der Waals surface area contributed by atoms with Crippen LogP contribution in [0.5, 0.6) is 0 Å². The molecular weight excluding hydrogens is 279 g/mol. The van der Waals surface area contributed by atoms with E-state index in [9.17, 15) is 9.18 Å². The van der Waals surface area contributed by atoms with Crippen LogP contribution in [0.1, 0.15) is 29.9 Å². The van der Waals surface area contributed by atoms with Crippen molar-refractivity contribution in [1.82, 2.24) is 0 Å². The van der Waals surface area contributed by atoms with Gasteiger partial charge in [0.2, 0.25) is 5.91 Å². The number of nitrogens with one attached hydrogen (secondary N) is 1. The molecular formula is C18H15FN2O. The molecule has 1 amide bonds. The first-order valence-corrected chi connectivity index (χ1v) is 7.24. The summed E-state index contributed by atoms with van der Waals surface area (Å²) in [5.41, 5.74) is 1.77. The third-order valence-corrected chi connectivity index (χ3v) is 3.91. The number of benzene rings is 2. The van der Waals surface area contributed by atoms with Gasteiger partial charge in [0.05, 0.1) is 17.2 Å². The largest absolute Gasteiger partial charge is 0.324 e. The summed E-state index contributed by atoms with van der Waals surface area (Å²) in [6.07, 6.45) is 1.99. The van der Waals surface area contributed by atoms with Gasteiger partial charge < -0.3 is 5.32 Å². The van der Waals surface area contributed by atoms with E-state index in [0.717, 1.165) is 18.4 Å². The normalized spacial score (nSPS) is 14.9. The Labute approximate surface area is 128 Å². The van der Waals surface area contributed by atoms with Gasteiger partial charge in [-0.3, -0.25) is 4.79 Å². The fourth-order valence-electron chi connectivity index (χ4n) is 2.64. The first-order chi connectivity index (χ1) is 10.7. The van der Waals surface area contributed by atoms with Crippen LogP contribution in [0, 0.1) is 23.1 Å². The van der Waals surface area contributed by atoms with E-state index >= 15 is 0 Å². The predicted octanol–water partition coefficient (Wildman–Crippen LogP) is 3.83. The van der Waals surface area contributed by atoms with Crippen molar-refractivity contribution in [1.29, 1.82) is 5.26 Å². The van der Waals surface area contributed by atoms with E-state index in [4.69, 9.17) is 5.26 Å². The number of hydrogen-bond acceptors (Lipinski definition) is 2. The molecule has 3 rings (SSSR count). The Bertz CT molecular complexity index is 729. The van der Waals surface area contributed by atoms with E-state index in [1.807, 2.05) is 0 Å². The van der Waals surface area contributed by atoms with Crippen LogP contribution in [-0.4, -0.2) is 5.91 Å². The maximum atomic E-state index is 13.1. The summed E-state index contributed by atoms with van der Waals surface area (Å²) >= 11 is 0. The predicted molar refractivity (Wildman–Crippen MR) is 81.7 cm³/mol. The van der Waals surface area contributed by atoms with Gasteiger partial charge in [-0.25, -0.2) is 4.39 Å². The van der Waals surface area contributed by atoms with Gasteiger partial charge in [0.1, 0.15) is 11.9 Å². The zero-order chi connectivity index (χ0) is 15.5. The average Bonchev–Trinajstić information content (AvgIpc) is 3.35. The number of para-hydroxylation sites is 1. The number of carbonyl (C=O) groups excluding carboxylic acids is 1. The molecule has 22 heavy (non-hydrogen) atoms. The number of halogens is 1. The molecule has 0 aromatic heterocycles. The second-order valence-electron chi connectivity index (χ2n) is 5.51. The summed E-state index contributed by atoms with van der Waals surface area (Å²) in [7, 11) is 0. The number of nitrogens with zero attached hydrogens (tertiary/aromatic N) is 1. The second kappa shape index (κ2) is 5.98. The summed E-state index contributed by atoms with van der Waals surface area (Å²) in [4.78, 5) is 12.6. The van der Waals surface area contributed by atoms with Crippen LogP contribution >= 0.6 is 0 Å². The van der Waals surface area contributed by atoms with Crippen molar-refractivity contribution >= 4 is 11.6 Å². The topological polar surface area (TPSA) is 52.9 Å². The summed E-state index contributed by atoms with van der Waals surface area (Å²) in [5.74, 6) is -0.461. The fourth-order valence-corrected chi connectivity index (χ4v) is 2.64. The highest BCUT2D eigenvalue weighted by atomic mass is 19.1. The molecule has 1 aliphatic rings. The van der Waals surface area contributed by atoms with Crippen molar-refractivity contribution in [3.63, 3.8) is 0 Å². The lowest BCUT2D eigenvalue weighted by Crippen LogP contribution is -2.23. The van der Waals surface area contributed by atoms with Gasteiger partial charge in [-0.05, 0) is 48.6 Å². The molecule has 1 fully saturated rings. The first-order valence-electron chi connectivity index (χ1n) is 7.24. The zero-order valence-electron chi connectivity index (χ0n) is 11.9. The molecule has 1 aliphatic carbocycles. The minimum Gasteiger partial charge on any atom is -0.324 e. The maximum Gasteiger partial charge on any atom is 0.232 e. The highest BCUT2D eigenvalue weighted by molar-refractivity contribution is 5.97. The molecule has 0 bridgehead atoms. The summed E-state index contributed by atoms with van der Waals surface area (Å²) in [5, 5.41) is 11.9. The van der Waals surface area contributed by atoms with Crippen molar-refractivity contribution < 1.29 is 9.18 Å². The molecule has 0 saturated heterocycles. The molecule has 1 saturated carbocycles. The van der Waals surface area contributed by atoms with E-state index < -0.39 is 0 Å². The Morgan fingerprint density at radius 2 is 1.86 bits per heavy atom. The summed E-state index contributed by atoms with van der Waals surface area (Å²) in [6.45, 7) is 0. The van der Waals surface area contributed by atoms with Gasteiger partial charge in [-0.2, -0.15) is 5.26 Å². The van der Waals surface area contributed by atoms with Gasteiger partial charge in [-0.15, -0.1) is 0 Å². The minimum absolute atomic E-state index is 0.142. The summed E-state index contributed by atoms with van der Waals surface area (Å²) < 4.78 is 13.1. The van der Waals surface area contributed by atoms with E-state index in [-0.39, 0.29) is 17.6 Å². The Kier molecular flexibility index (Phi) is 3.88. The Morgan fingerprint density at radius 3 is 2.50 bits per heavy atom. The van der Waals surface area contributed by atoms with Crippen LogP contribution in [0.25, 0.3) is 0 Å². The maximum absolute atomic E-state index is 13.1. The lowest BCUT2D eigenvalue weighted by atomic mass is 9.93. The van der Waals surface area contributed by atoms with Gasteiger partial charge in [0, 0.05) is 0 Å². The second-order valence-corrected chi connectivity index (χ2v) is 5.51. The van der Waals surface area contributed by atoms with E-state index in [0.29, 0.717) is 17.2 Å². The third kappa shape index (κ3) is 2.99. The first kappa shape index (κ1) is 14.3. The average molecular weight is 294 g/mol. The third-order valence-electron chi connectivity index (χ3n) is 3.91. The monoisotopic (exact) mass is 294 g/mol. The lowest BCUT2D eigenvalue weighted by molar-refractivity contribution is -0.118. The molecule has 110 valence electrons. The van der Waals surface area contributed by atoms with E-state index in [2.05, 4.69) is 11.4 Å². The number of rotatable bonds is 4. The Morgan fingerprint density at radius 1 is 1.18 bits per heavy atom. The van der Waals surface area contributed by atoms with Gasteiger partial charge in [0.25, 0.3) is 0 Å². The van der Waals surface area contributed by atoms with Crippen molar-refractivity contribution in [3.05, 3.63) is 65.5 Å². The van der Waals surface area contributed by atoms with Gasteiger partial charge in [-0.1, -0.05) is 24.3 Å². The highest BCUT2D eigenvalue weighted by Gasteiger charge is 2.37. The van der Waals surface area contributed by atoms with Crippen molar-refractivity contribution in [2.24, 2.45) is 5.92 Å². The van der Waals surface area contributed by atoms with Crippen LogP contribution in [-0.2, 0) is 4.79 Å². The number of amides is 1. The Balaban J connectivity index is 1.85. The lowest BCUT2D eigenvalue weighted by Gasteiger charge is -2.17. The number of anilines is 1. The van der Waals surface area contributed by atoms with Gasteiger partial charge in [0.15, 0.2) is 0 Å². The van der Waals surface area contributed by atoms with Gasteiger partial charge >= 0.3 is 0 Å². The van der Waals surface area contributed by atoms with Crippen LogP contribution in [0.3, 0.4) is 0 Å². The van der Waals surface area contributed by atoms with Crippen LogP contribution in [0.15, 0.2) is 48.5 Å². The summed E-state index contributed by atoms with van der Waals surface area (Å²) in [6, 6.07) is 15.1. The molecule has 0 aliphatic heterocycles. The van der Waals surface area contributed by atoms with Crippen LogP contribution in [0.4, 0.5) is 10.1 Å². The molecule has 2 aromatic carbocycles. The van der Waals surface area contributed by atoms with Crippen LogP contribution < -0.4 is 5.32 Å². The van der Waals surface area contributed by atoms with Crippen molar-refractivity contribution in [2.45, 2.75) is 18.8 Å². The van der Waals surface area contributed by atoms with Crippen molar-refractivity contribution in [2.75, 3.05) is 5.32 Å². The highest BCUT2D eigenvalue weighted by Crippen LogP contribution is 2.43. The molecule has 3 nitrogen and oxygen atoms in total. The van der Waals surface area contributed by atoms with Crippen molar-refractivity contribution in [3.8, 4) is 6.07 Å². The Hall–Kier alpha value is -2.67. The number of nitriles is 1. The molecule has 1 atom stereocenters.